The number of hydrogen-bond donors (Lipinski definition) is 2. The van der Waals surface area contributed by atoms with Gasteiger partial charge >= 0.3 is 0 Å². The fourth-order valence-electron chi connectivity index (χ4n) is 3.02. The summed E-state index contributed by atoms with van der Waals surface area (Å²) in [6, 6.07) is 0.238. The van der Waals surface area contributed by atoms with Crippen LogP contribution in [0.25, 0.3) is 0 Å². The van der Waals surface area contributed by atoms with Crippen molar-refractivity contribution in [3.05, 3.63) is 29.8 Å². The fourth-order valence-corrected chi connectivity index (χ4v) is 3.02. The van der Waals surface area contributed by atoms with Crippen molar-refractivity contribution in [3.8, 4) is 0 Å². The molecule has 0 aliphatic heterocycles. The Morgan fingerprint density at radius 2 is 2.18 bits per heavy atom. The van der Waals surface area contributed by atoms with Crippen molar-refractivity contribution >= 4 is 5.95 Å². The summed E-state index contributed by atoms with van der Waals surface area (Å²) >= 11 is 0. The molecule has 1 aliphatic rings. The van der Waals surface area contributed by atoms with Gasteiger partial charge in [-0.15, -0.1) is 0 Å². The number of rotatable bonds is 5. The monoisotopic (exact) mass is 304 g/mol. The number of aromatic nitrogens is 4. The van der Waals surface area contributed by atoms with Crippen molar-refractivity contribution in [2.75, 3.05) is 19.0 Å². The maximum absolute atomic E-state index is 10.0. The van der Waals surface area contributed by atoms with Crippen LogP contribution < -0.4 is 10.2 Å². The van der Waals surface area contributed by atoms with Gasteiger partial charge in [0.25, 0.3) is 0 Å². The number of aryl methyl sites for hydroxylation is 1. The molecular formula is C15H24N6O. The lowest BCUT2D eigenvalue weighted by Gasteiger charge is -2.42. The van der Waals surface area contributed by atoms with Crippen LogP contribution in [0.1, 0.15) is 23.7 Å². The van der Waals surface area contributed by atoms with Gasteiger partial charge in [0, 0.05) is 39.9 Å². The van der Waals surface area contributed by atoms with Crippen molar-refractivity contribution in [1.29, 1.82) is 0 Å². The van der Waals surface area contributed by atoms with Gasteiger partial charge in [-0.1, -0.05) is 0 Å². The van der Waals surface area contributed by atoms with E-state index >= 15 is 0 Å². The van der Waals surface area contributed by atoms with Crippen LogP contribution in [0.15, 0.2) is 18.6 Å². The lowest BCUT2D eigenvalue weighted by Crippen LogP contribution is -2.54. The van der Waals surface area contributed by atoms with Crippen LogP contribution in [-0.4, -0.2) is 50.7 Å². The van der Waals surface area contributed by atoms with E-state index in [4.69, 9.17) is 0 Å². The Bertz CT molecular complexity index is 646. The molecular weight excluding hydrogens is 280 g/mol. The predicted octanol–water partition coefficient (Wildman–Crippen LogP) is 0.455. The van der Waals surface area contributed by atoms with E-state index in [9.17, 15) is 5.11 Å². The third-order valence-corrected chi connectivity index (χ3v) is 4.34. The average Bonchev–Trinajstić information content (AvgIpc) is 3.01. The van der Waals surface area contributed by atoms with Gasteiger partial charge in [-0.25, -0.2) is 4.98 Å². The largest absolute Gasteiger partial charge is 0.391 e. The van der Waals surface area contributed by atoms with Crippen molar-refractivity contribution in [3.63, 3.8) is 0 Å². The zero-order valence-electron chi connectivity index (χ0n) is 13.6. The molecule has 0 radical (unpaired) electrons. The Labute approximate surface area is 130 Å². The van der Waals surface area contributed by atoms with Gasteiger partial charge in [0.2, 0.25) is 5.95 Å². The minimum Gasteiger partial charge on any atom is -0.391 e. The molecule has 2 aromatic rings. The molecule has 0 unspecified atom stereocenters. The Morgan fingerprint density at radius 1 is 1.41 bits per heavy atom. The van der Waals surface area contributed by atoms with Gasteiger partial charge in [0.05, 0.1) is 30.2 Å². The highest BCUT2D eigenvalue weighted by atomic mass is 16.3. The first-order valence-corrected chi connectivity index (χ1v) is 7.57. The normalized spacial score (nSPS) is 24.3. The van der Waals surface area contributed by atoms with Crippen molar-refractivity contribution < 1.29 is 5.11 Å². The highest BCUT2D eigenvalue weighted by Gasteiger charge is 2.41. The van der Waals surface area contributed by atoms with Gasteiger partial charge in [-0.3, -0.25) is 4.68 Å². The molecule has 0 saturated heterocycles. The standard InChI is InChI=1S/C15H24N6O/c1-10-6-18-21(9-10)14-12(5-13(14)22)16-7-11-8-17-15(19(2)3)20(11)4/h6,8-9,12-14,16,22H,5,7H2,1-4H3/t12-,13+,14+/m0/s1. The molecule has 2 heterocycles. The van der Waals surface area contributed by atoms with E-state index in [1.165, 1.54) is 0 Å². The molecule has 1 fully saturated rings. The van der Waals surface area contributed by atoms with Gasteiger partial charge < -0.3 is 19.9 Å². The van der Waals surface area contributed by atoms with Crippen molar-refractivity contribution in [2.24, 2.45) is 7.05 Å². The van der Waals surface area contributed by atoms with Gasteiger partial charge in [-0.2, -0.15) is 5.10 Å². The number of hydrogen-bond acceptors (Lipinski definition) is 5. The molecule has 2 N–H and O–H groups in total. The number of imidazole rings is 1. The first kappa shape index (κ1) is 15.1. The number of nitrogens with zero attached hydrogens (tertiary/aromatic N) is 5. The molecule has 3 atom stereocenters. The molecule has 7 nitrogen and oxygen atoms in total. The zero-order valence-corrected chi connectivity index (χ0v) is 13.6. The average molecular weight is 304 g/mol. The minimum absolute atomic E-state index is 0.00949. The van der Waals surface area contributed by atoms with E-state index in [2.05, 4.69) is 20.0 Å². The zero-order chi connectivity index (χ0) is 15.9. The first-order chi connectivity index (χ1) is 10.5. The van der Waals surface area contributed by atoms with Crippen LogP contribution in [0, 0.1) is 6.92 Å². The quantitative estimate of drug-likeness (QED) is 0.839. The van der Waals surface area contributed by atoms with Crippen LogP contribution in [0.4, 0.5) is 5.95 Å². The molecule has 3 rings (SSSR count). The van der Waals surface area contributed by atoms with Gasteiger partial charge in [0.15, 0.2) is 0 Å². The summed E-state index contributed by atoms with van der Waals surface area (Å²) in [6.45, 7) is 2.74. The van der Waals surface area contributed by atoms with E-state index in [-0.39, 0.29) is 18.2 Å². The third-order valence-electron chi connectivity index (χ3n) is 4.34. The number of anilines is 1. The number of aliphatic hydroxyl groups excluding tert-OH is 1. The van der Waals surface area contributed by atoms with E-state index in [0.717, 1.165) is 30.2 Å². The molecule has 1 aliphatic carbocycles. The molecule has 0 spiro atoms. The van der Waals surface area contributed by atoms with Crippen LogP contribution in [-0.2, 0) is 13.6 Å². The Morgan fingerprint density at radius 3 is 2.73 bits per heavy atom. The summed E-state index contributed by atoms with van der Waals surface area (Å²) in [7, 11) is 5.99. The smallest absolute Gasteiger partial charge is 0.204 e. The molecule has 7 heteroatoms. The van der Waals surface area contributed by atoms with E-state index in [1.54, 1.807) is 0 Å². The molecule has 22 heavy (non-hydrogen) atoms. The number of nitrogens with one attached hydrogen (secondary N) is 1. The molecule has 120 valence electrons. The van der Waals surface area contributed by atoms with Gasteiger partial charge in [0.1, 0.15) is 0 Å². The summed E-state index contributed by atoms with van der Waals surface area (Å²) in [5.74, 6) is 0.935. The van der Waals surface area contributed by atoms with Crippen molar-refractivity contribution in [1.82, 2.24) is 24.6 Å². The molecule has 2 aromatic heterocycles. The fraction of sp³-hybridized carbons (Fsp3) is 0.600. The SMILES string of the molecule is Cc1cnn([C@H]2[C@H](O)C[C@@H]2NCc2cnc(N(C)C)n2C)c1. The highest BCUT2D eigenvalue weighted by Crippen LogP contribution is 2.32. The first-order valence-electron chi connectivity index (χ1n) is 7.57. The van der Waals surface area contributed by atoms with Crippen LogP contribution in [0.3, 0.4) is 0 Å². The minimum atomic E-state index is -0.333. The summed E-state index contributed by atoms with van der Waals surface area (Å²) in [6.07, 6.45) is 6.12. The lowest BCUT2D eigenvalue weighted by molar-refractivity contribution is -0.00840. The Kier molecular flexibility index (Phi) is 3.92. The van der Waals surface area contributed by atoms with E-state index in [0.29, 0.717) is 0 Å². The second-order valence-electron chi connectivity index (χ2n) is 6.28. The van der Waals surface area contributed by atoms with Crippen LogP contribution in [0.2, 0.25) is 0 Å². The maximum Gasteiger partial charge on any atom is 0.204 e. The number of aliphatic hydroxyl groups is 1. The Balaban J connectivity index is 1.64. The summed E-state index contributed by atoms with van der Waals surface area (Å²) in [4.78, 5) is 6.41. The molecule has 0 aromatic carbocycles. The third kappa shape index (κ3) is 2.62. The lowest BCUT2D eigenvalue weighted by atomic mass is 9.83. The highest BCUT2D eigenvalue weighted by molar-refractivity contribution is 5.31. The van der Waals surface area contributed by atoms with Gasteiger partial charge in [-0.05, 0) is 18.9 Å². The summed E-state index contributed by atoms with van der Waals surface area (Å²) < 4.78 is 3.95. The maximum atomic E-state index is 10.0. The summed E-state index contributed by atoms with van der Waals surface area (Å²) in [5, 5.41) is 17.9. The topological polar surface area (TPSA) is 71.1 Å². The Hall–Kier alpha value is -1.86. The second kappa shape index (κ2) is 5.73. The predicted molar refractivity (Wildman–Crippen MR) is 84.8 cm³/mol. The molecule has 0 amide bonds. The van der Waals surface area contributed by atoms with E-state index < -0.39 is 0 Å². The summed E-state index contributed by atoms with van der Waals surface area (Å²) in [5.41, 5.74) is 2.24. The van der Waals surface area contributed by atoms with Crippen molar-refractivity contribution in [2.45, 2.75) is 38.1 Å². The molecule has 1 saturated carbocycles. The molecule has 0 bridgehead atoms. The van der Waals surface area contributed by atoms with E-state index in [1.807, 2.05) is 56.2 Å². The second-order valence-corrected chi connectivity index (χ2v) is 6.28. The van der Waals surface area contributed by atoms with Crippen LogP contribution in [0.5, 0.6) is 0 Å². The van der Waals surface area contributed by atoms with Crippen LogP contribution >= 0.6 is 0 Å².